The van der Waals surface area contributed by atoms with Gasteiger partial charge in [0.15, 0.2) is 0 Å². The number of amides is 1. The van der Waals surface area contributed by atoms with Gasteiger partial charge in [0.2, 0.25) is 5.91 Å². The Bertz CT molecular complexity index is 517. The summed E-state index contributed by atoms with van der Waals surface area (Å²) in [7, 11) is 0. The van der Waals surface area contributed by atoms with Crippen molar-refractivity contribution in [3.05, 3.63) is 29.3 Å². The number of nitrogens with zero attached hydrogens (tertiary/aromatic N) is 1. The molecule has 1 saturated carbocycles. The number of para-hydroxylation sites is 1. The lowest BCUT2D eigenvalue weighted by molar-refractivity contribution is -0.145. The highest BCUT2D eigenvalue weighted by Crippen LogP contribution is 2.27. The average Bonchev–Trinajstić information content (AvgIpc) is 3.23. The lowest BCUT2D eigenvalue weighted by Gasteiger charge is -2.20. The molecule has 0 bridgehead atoms. The average molecular weight is 291 g/mol. The van der Waals surface area contributed by atoms with Gasteiger partial charge in [-0.25, -0.2) is 0 Å². The number of carbonyl (C=O) groups excluding carboxylic acids is 1. The second-order valence-electron chi connectivity index (χ2n) is 5.47. The third-order valence-corrected chi connectivity index (χ3v) is 3.58. The molecule has 0 atom stereocenters. The molecular formula is C16H21NO4. The summed E-state index contributed by atoms with van der Waals surface area (Å²) in [5.74, 6) is -0.307. The molecule has 1 aliphatic carbocycles. The fourth-order valence-electron chi connectivity index (χ4n) is 2.36. The molecule has 21 heavy (non-hydrogen) atoms. The number of hydrogen-bond donors (Lipinski definition) is 1. The van der Waals surface area contributed by atoms with Crippen LogP contribution in [0.4, 0.5) is 0 Å². The van der Waals surface area contributed by atoms with Crippen LogP contribution in [0.25, 0.3) is 0 Å². The van der Waals surface area contributed by atoms with Gasteiger partial charge in [-0.1, -0.05) is 18.2 Å². The molecule has 0 saturated heterocycles. The predicted octanol–water partition coefficient (Wildman–Crippen LogP) is 2.15. The second-order valence-corrected chi connectivity index (χ2v) is 5.47. The quantitative estimate of drug-likeness (QED) is 0.836. The van der Waals surface area contributed by atoms with Crippen molar-refractivity contribution >= 4 is 11.9 Å². The van der Waals surface area contributed by atoms with Gasteiger partial charge in [0.25, 0.3) is 0 Å². The number of benzene rings is 1. The Labute approximate surface area is 124 Å². The molecule has 5 nitrogen and oxygen atoms in total. The third-order valence-electron chi connectivity index (χ3n) is 3.58. The van der Waals surface area contributed by atoms with Gasteiger partial charge in [-0.3, -0.25) is 9.59 Å². The van der Waals surface area contributed by atoms with Crippen molar-refractivity contribution < 1.29 is 19.4 Å². The molecule has 0 radical (unpaired) electrons. The van der Waals surface area contributed by atoms with Gasteiger partial charge < -0.3 is 14.7 Å². The summed E-state index contributed by atoms with van der Waals surface area (Å²) in [6, 6.07) is 5.99. The van der Waals surface area contributed by atoms with E-state index >= 15 is 0 Å². The number of aryl methyl sites for hydroxylation is 2. The molecule has 1 amide bonds. The Morgan fingerprint density at radius 2 is 1.90 bits per heavy atom. The number of hydrogen-bond acceptors (Lipinski definition) is 3. The van der Waals surface area contributed by atoms with Gasteiger partial charge in [0.05, 0.1) is 13.0 Å². The zero-order valence-corrected chi connectivity index (χ0v) is 12.5. The Kier molecular flexibility index (Phi) is 4.83. The number of ether oxygens (including phenoxy) is 1. The highest BCUT2D eigenvalue weighted by Gasteiger charge is 2.33. The van der Waals surface area contributed by atoms with Crippen molar-refractivity contribution in [3.63, 3.8) is 0 Å². The van der Waals surface area contributed by atoms with Gasteiger partial charge in [0.1, 0.15) is 12.3 Å². The van der Waals surface area contributed by atoms with Gasteiger partial charge in [-0.15, -0.1) is 0 Å². The van der Waals surface area contributed by atoms with Gasteiger partial charge in [-0.05, 0) is 37.8 Å². The first-order valence-corrected chi connectivity index (χ1v) is 7.19. The van der Waals surface area contributed by atoms with Crippen molar-refractivity contribution in [1.82, 2.24) is 4.90 Å². The first-order valence-electron chi connectivity index (χ1n) is 7.19. The molecule has 0 aromatic heterocycles. The van der Waals surface area contributed by atoms with Crippen molar-refractivity contribution in [3.8, 4) is 5.75 Å². The summed E-state index contributed by atoms with van der Waals surface area (Å²) in [6.07, 6.45) is 2.01. The van der Waals surface area contributed by atoms with Gasteiger partial charge in [0, 0.05) is 6.04 Å². The van der Waals surface area contributed by atoms with E-state index in [9.17, 15) is 9.59 Å². The topological polar surface area (TPSA) is 66.8 Å². The molecule has 114 valence electrons. The molecule has 1 N–H and O–H groups in total. The van der Waals surface area contributed by atoms with Crippen LogP contribution in [0.1, 0.15) is 30.4 Å². The van der Waals surface area contributed by atoms with Crippen LogP contribution in [-0.2, 0) is 9.59 Å². The second kappa shape index (κ2) is 6.61. The molecule has 0 spiro atoms. The normalized spacial score (nSPS) is 13.8. The largest absolute Gasteiger partial charge is 0.493 e. The highest BCUT2D eigenvalue weighted by molar-refractivity contribution is 5.82. The van der Waals surface area contributed by atoms with E-state index in [4.69, 9.17) is 9.84 Å². The molecule has 0 heterocycles. The van der Waals surface area contributed by atoms with Crippen LogP contribution in [0.15, 0.2) is 18.2 Å². The van der Waals surface area contributed by atoms with Crippen LogP contribution in [0, 0.1) is 13.8 Å². The molecule has 1 aliphatic rings. The van der Waals surface area contributed by atoms with Crippen LogP contribution in [-0.4, -0.2) is 41.1 Å². The summed E-state index contributed by atoms with van der Waals surface area (Å²) in [5.41, 5.74) is 2.07. The molecular weight excluding hydrogens is 270 g/mol. The first-order chi connectivity index (χ1) is 9.99. The number of carboxylic acids is 1. The lowest BCUT2D eigenvalue weighted by atomic mass is 10.1. The van der Waals surface area contributed by atoms with E-state index in [0.29, 0.717) is 0 Å². The Balaban J connectivity index is 1.87. The zero-order chi connectivity index (χ0) is 15.4. The summed E-state index contributed by atoms with van der Waals surface area (Å²) in [4.78, 5) is 24.4. The van der Waals surface area contributed by atoms with Crippen LogP contribution in [0.5, 0.6) is 5.75 Å². The van der Waals surface area contributed by atoms with Crippen molar-refractivity contribution in [2.24, 2.45) is 0 Å². The molecule has 2 rings (SSSR count). The first kappa shape index (κ1) is 15.4. The fraction of sp³-hybridized carbons (Fsp3) is 0.500. The van der Waals surface area contributed by atoms with Crippen molar-refractivity contribution in [1.29, 1.82) is 0 Å². The van der Waals surface area contributed by atoms with E-state index in [0.717, 1.165) is 29.7 Å². The van der Waals surface area contributed by atoms with E-state index in [2.05, 4.69) is 0 Å². The maximum Gasteiger partial charge on any atom is 0.323 e. The fourth-order valence-corrected chi connectivity index (χ4v) is 2.36. The predicted molar refractivity (Wildman–Crippen MR) is 78.4 cm³/mol. The highest BCUT2D eigenvalue weighted by atomic mass is 16.5. The number of aliphatic carboxylic acids is 1. The van der Waals surface area contributed by atoms with Crippen molar-refractivity contribution in [2.75, 3.05) is 13.2 Å². The van der Waals surface area contributed by atoms with E-state index in [1.54, 1.807) is 0 Å². The van der Waals surface area contributed by atoms with E-state index in [-0.39, 0.29) is 31.5 Å². The van der Waals surface area contributed by atoms with E-state index in [1.165, 1.54) is 4.90 Å². The van der Waals surface area contributed by atoms with E-state index in [1.807, 2.05) is 32.0 Å². The summed E-state index contributed by atoms with van der Waals surface area (Å²) in [6.45, 7) is 3.98. The Morgan fingerprint density at radius 3 is 2.43 bits per heavy atom. The maximum absolute atomic E-state index is 12.1. The summed E-state index contributed by atoms with van der Waals surface area (Å²) >= 11 is 0. The Morgan fingerprint density at radius 1 is 1.29 bits per heavy atom. The zero-order valence-electron chi connectivity index (χ0n) is 12.5. The summed E-state index contributed by atoms with van der Waals surface area (Å²) in [5, 5.41) is 8.86. The van der Waals surface area contributed by atoms with Crippen LogP contribution < -0.4 is 4.74 Å². The molecule has 1 aromatic carbocycles. The molecule has 1 fully saturated rings. The third kappa shape index (κ3) is 4.21. The molecule has 0 unspecified atom stereocenters. The van der Waals surface area contributed by atoms with Gasteiger partial charge >= 0.3 is 5.97 Å². The Hall–Kier alpha value is -2.04. The smallest absolute Gasteiger partial charge is 0.323 e. The monoisotopic (exact) mass is 291 g/mol. The number of carboxylic acid groups (broad SMARTS) is 1. The molecule has 5 heteroatoms. The van der Waals surface area contributed by atoms with Crippen LogP contribution in [0.2, 0.25) is 0 Å². The molecule has 1 aromatic rings. The number of rotatable bonds is 7. The molecule has 0 aliphatic heterocycles. The minimum Gasteiger partial charge on any atom is -0.493 e. The SMILES string of the molecule is Cc1cccc(C)c1OCCC(=O)N(CC(=O)O)C1CC1. The van der Waals surface area contributed by atoms with E-state index < -0.39 is 5.97 Å². The van der Waals surface area contributed by atoms with Crippen LogP contribution in [0.3, 0.4) is 0 Å². The maximum atomic E-state index is 12.1. The van der Waals surface area contributed by atoms with Crippen LogP contribution >= 0.6 is 0 Å². The minimum absolute atomic E-state index is 0.105. The summed E-state index contributed by atoms with van der Waals surface area (Å²) < 4.78 is 5.70. The standard InChI is InChI=1S/C16H21NO4/c1-11-4-3-5-12(2)16(11)21-9-8-14(18)17(10-15(19)20)13-6-7-13/h3-5,13H,6-10H2,1-2H3,(H,19,20). The van der Waals surface area contributed by atoms with Gasteiger partial charge in [-0.2, -0.15) is 0 Å². The van der Waals surface area contributed by atoms with Crippen molar-refractivity contribution in [2.45, 2.75) is 39.2 Å². The lowest BCUT2D eigenvalue weighted by Crippen LogP contribution is -2.38. The number of carbonyl (C=O) groups is 2. The minimum atomic E-state index is -0.967.